The third kappa shape index (κ3) is 1.53. The first-order valence-corrected chi connectivity index (χ1v) is 5.34. The highest BCUT2D eigenvalue weighted by atomic mass is 35.5. The zero-order chi connectivity index (χ0) is 10.4. The fourth-order valence-electron chi connectivity index (χ4n) is 1.81. The van der Waals surface area contributed by atoms with Crippen molar-refractivity contribution >= 4 is 28.2 Å². The molecular formula is C11H10ClN3. The number of halogens is 1. The fraction of sp³-hybridized carbons (Fsp3) is 0.273. The lowest BCUT2D eigenvalue weighted by Crippen LogP contribution is -1.95. The van der Waals surface area contributed by atoms with Crippen LogP contribution in [0.1, 0.15) is 24.5 Å². The number of rotatable bonds is 1. The summed E-state index contributed by atoms with van der Waals surface area (Å²) >= 11 is 5.88. The lowest BCUT2D eigenvalue weighted by Gasteiger charge is -2.05. The van der Waals surface area contributed by atoms with Gasteiger partial charge in [-0.2, -0.15) is 0 Å². The van der Waals surface area contributed by atoms with Crippen LogP contribution in [0.15, 0.2) is 18.2 Å². The quantitative estimate of drug-likeness (QED) is 0.593. The number of anilines is 1. The highest BCUT2D eigenvalue weighted by Crippen LogP contribution is 2.42. The highest BCUT2D eigenvalue weighted by molar-refractivity contribution is 6.28. The van der Waals surface area contributed by atoms with Crippen molar-refractivity contribution in [3.8, 4) is 0 Å². The van der Waals surface area contributed by atoms with Crippen LogP contribution in [-0.4, -0.2) is 9.97 Å². The molecule has 0 saturated heterocycles. The van der Waals surface area contributed by atoms with Crippen molar-refractivity contribution in [2.75, 3.05) is 5.73 Å². The molecule has 1 aliphatic rings. The first-order chi connectivity index (χ1) is 7.24. The van der Waals surface area contributed by atoms with Crippen LogP contribution >= 0.6 is 11.6 Å². The van der Waals surface area contributed by atoms with Crippen molar-refractivity contribution in [1.82, 2.24) is 9.97 Å². The SMILES string of the molecule is Nc1ccc2nc(Cl)nc(C3CC3)c2c1. The summed E-state index contributed by atoms with van der Waals surface area (Å²) in [6.07, 6.45) is 2.38. The molecule has 1 saturated carbocycles. The Morgan fingerprint density at radius 3 is 2.80 bits per heavy atom. The number of nitrogens with two attached hydrogens (primary N) is 1. The van der Waals surface area contributed by atoms with Crippen LogP contribution in [0.2, 0.25) is 5.28 Å². The molecule has 3 rings (SSSR count). The number of aromatic nitrogens is 2. The molecule has 15 heavy (non-hydrogen) atoms. The van der Waals surface area contributed by atoms with E-state index in [0.717, 1.165) is 22.3 Å². The predicted molar refractivity (Wildman–Crippen MR) is 60.9 cm³/mol. The zero-order valence-corrected chi connectivity index (χ0v) is 8.83. The Kier molecular flexibility index (Phi) is 1.83. The van der Waals surface area contributed by atoms with Crippen LogP contribution in [0.25, 0.3) is 10.9 Å². The van der Waals surface area contributed by atoms with Gasteiger partial charge in [-0.3, -0.25) is 0 Å². The number of hydrogen-bond donors (Lipinski definition) is 1. The van der Waals surface area contributed by atoms with Crippen molar-refractivity contribution < 1.29 is 0 Å². The minimum absolute atomic E-state index is 0.328. The second-order valence-electron chi connectivity index (χ2n) is 3.93. The van der Waals surface area contributed by atoms with Crippen LogP contribution in [0, 0.1) is 0 Å². The molecule has 3 nitrogen and oxygen atoms in total. The van der Waals surface area contributed by atoms with Crippen molar-refractivity contribution in [2.45, 2.75) is 18.8 Å². The van der Waals surface area contributed by atoms with Crippen molar-refractivity contribution in [2.24, 2.45) is 0 Å². The lowest BCUT2D eigenvalue weighted by atomic mass is 10.1. The third-order valence-electron chi connectivity index (χ3n) is 2.69. The van der Waals surface area contributed by atoms with Gasteiger partial charge in [0.2, 0.25) is 5.28 Å². The van der Waals surface area contributed by atoms with E-state index in [1.54, 1.807) is 0 Å². The second-order valence-corrected chi connectivity index (χ2v) is 4.27. The summed E-state index contributed by atoms with van der Waals surface area (Å²) in [6.45, 7) is 0. The van der Waals surface area contributed by atoms with Crippen LogP contribution < -0.4 is 5.73 Å². The van der Waals surface area contributed by atoms with Crippen LogP contribution in [0.5, 0.6) is 0 Å². The molecule has 0 amide bonds. The molecule has 0 unspecified atom stereocenters. The van der Waals surface area contributed by atoms with Gasteiger partial charge in [-0.05, 0) is 42.6 Å². The Labute approximate surface area is 92.3 Å². The Bertz CT molecular complexity index is 535. The van der Waals surface area contributed by atoms with Crippen molar-refractivity contribution in [1.29, 1.82) is 0 Å². The van der Waals surface area contributed by atoms with Crippen LogP contribution in [0.4, 0.5) is 5.69 Å². The van der Waals surface area contributed by atoms with E-state index >= 15 is 0 Å². The van der Waals surface area contributed by atoms with Crippen molar-refractivity contribution in [3.63, 3.8) is 0 Å². The predicted octanol–water partition coefficient (Wildman–Crippen LogP) is 2.74. The van der Waals surface area contributed by atoms with Gasteiger partial charge in [-0.25, -0.2) is 9.97 Å². The Balaban J connectivity index is 2.34. The molecule has 76 valence electrons. The summed E-state index contributed by atoms with van der Waals surface area (Å²) in [5.74, 6) is 0.551. The normalized spacial score (nSPS) is 15.8. The molecule has 1 heterocycles. The minimum atomic E-state index is 0.328. The molecule has 0 radical (unpaired) electrons. The molecule has 0 aliphatic heterocycles. The second kappa shape index (κ2) is 3.07. The molecule has 1 aromatic carbocycles. The average molecular weight is 220 g/mol. The van der Waals surface area contributed by atoms with Crippen LogP contribution in [-0.2, 0) is 0 Å². The Morgan fingerprint density at radius 2 is 2.07 bits per heavy atom. The van der Waals surface area contributed by atoms with Crippen molar-refractivity contribution in [3.05, 3.63) is 29.2 Å². The number of hydrogen-bond acceptors (Lipinski definition) is 3. The van der Waals surface area contributed by atoms with E-state index in [1.807, 2.05) is 18.2 Å². The molecular weight excluding hydrogens is 210 g/mol. The molecule has 0 spiro atoms. The maximum Gasteiger partial charge on any atom is 0.223 e. The zero-order valence-electron chi connectivity index (χ0n) is 8.07. The fourth-order valence-corrected chi connectivity index (χ4v) is 1.99. The van der Waals surface area contributed by atoms with E-state index in [1.165, 1.54) is 12.8 Å². The van der Waals surface area contributed by atoms with Gasteiger partial charge in [-0.1, -0.05) is 0 Å². The summed E-state index contributed by atoms with van der Waals surface area (Å²) in [6, 6.07) is 5.66. The van der Waals surface area contributed by atoms with Gasteiger partial charge in [0.25, 0.3) is 0 Å². The monoisotopic (exact) mass is 219 g/mol. The molecule has 1 aromatic heterocycles. The third-order valence-corrected chi connectivity index (χ3v) is 2.86. The summed E-state index contributed by atoms with van der Waals surface area (Å²) in [5.41, 5.74) is 8.44. The topological polar surface area (TPSA) is 51.8 Å². The van der Waals surface area contributed by atoms with Crippen LogP contribution in [0.3, 0.4) is 0 Å². The van der Waals surface area contributed by atoms with Gasteiger partial charge in [0.15, 0.2) is 0 Å². The summed E-state index contributed by atoms with van der Waals surface area (Å²) in [4.78, 5) is 8.49. The first-order valence-electron chi connectivity index (χ1n) is 4.97. The maximum absolute atomic E-state index is 5.88. The van der Waals surface area contributed by atoms with E-state index in [2.05, 4.69) is 9.97 Å². The van der Waals surface area contributed by atoms with Gasteiger partial charge in [-0.15, -0.1) is 0 Å². The molecule has 0 atom stereocenters. The summed E-state index contributed by atoms with van der Waals surface area (Å²) in [7, 11) is 0. The summed E-state index contributed by atoms with van der Waals surface area (Å²) < 4.78 is 0. The standard InChI is InChI=1S/C11H10ClN3/c12-11-14-9-4-3-7(13)5-8(9)10(15-11)6-1-2-6/h3-6H,1-2,13H2. The van der Waals surface area contributed by atoms with Gasteiger partial charge in [0, 0.05) is 17.0 Å². The first kappa shape index (κ1) is 8.92. The largest absolute Gasteiger partial charge is 0.399 e. The molecule has 1 fully saturated rings. The smallest absolute Gasteiger partial charge is 0.223 e. The number of nitrogens with zero attached hydrogens (tertiary/aromatic N) is 2. The molecule has 0 bridgehead atoms. The lowest BCUT2D eigenvalue weighted by molar-refractivity contribution is 1.02. The van der Waals surface area contributed by atoms with E-state index in [9.17, 15) is 0 Å². The highest BCUT2D eigenvalue weighted by Gasteiger charge is 2.27. The molecule has 2 N–H and O–H groups in total. The van der Waals surface area contributed by atoms with Gasteiger partial charge in [0.1, 0.15) is 0 Å². The molecule has 1 aliphatic carbocycles. The molecule has 2 aromatic rings. The number of nitrogen functional groups attached to an aromatic ring is 1. The van der Waals surface area contributed by atoms with E-state index in [4.69, 9.17) is 17.3 Å². The Hall–Kier alpha value is -1.35. The Morgan fingerprint density at radius 1 is 1.27 bits per heavy atom. The van der Waals surface area contributed by atoms with E-state index in [-0.39, 0.29) is 0 Å². The summed E-state index contributed by atoms with van der Waals surface area (Å²) in [5, 5.41) is 1.37. The maximum atomic E-state index is 5.88. The van der Waals surface area contributed by atoms with E-state index < -0.39 is 0 Å². The average Bonchev–Trinajstić information content (AvgIpc) is 3.01. The van der Waals surface area contributed by atoms with Gasteiger partial charge >= 0.3 is 0 Å². The molecule has 4 heteroatoms. The number of fused-ring (bicyclic) bond motifs is 1. The number of benzene rings is 1. The minimum Gasteiger partial charge on any atom is -0.399 e. The van der Waals surface area contributed by atoms with Gasteiger partial charge in [0.05, 0.1) is 11.2 Å². The van der Waals surface area contributed by atoms with Gasteiger partial charge < -0.3 is 5.73 Å². The van der Waals surface area contributed by atoms with E-state index in [0.29, 0.717) is 11.2 Å².